The Morgan fingerprint density at radius 2 is 1.06 bits per heavy atom. The minimum atomic E-state index is 0.305. The molecule has 1 unspecified atom stereocenters. The minimum absolute atomic E-state index is 0.305. The molecule has 3 heteroatoms. The summed E-state index contributed by atoms with van der Waals surface area (Å²) in [6.45, 7) is 3.20. The van der Waals surface area contributed by atoms with Gasteiger partial charge in [0.2, 0.25) is 0 Å². The standard InChI is InChI=1S/C48H41N3/c1-3-50-45-22-14-13-21-41(45)42-31-35(23-26-46(42)50)30-37(29-34-15-7-4-8-16-34)36-24-27-47-43(32-36)44-33-40(49(2)38-17-9-5-10-18-38)25-28-48(44)51(47)39-19-11-6-12-20-39/h4-28,31-33,37H,3,29-30H2,1-2H3. The molecule has 1 atom stereocenters. The van der Waals surface area contributed by atoms with Crippen LogP contribution in [0.3, 0.4) is 0 Å². The third kappa shape index (κ3) is 5.56. The molecule has 0 amide bonds. The molecule has 2 heterocycles. The van der Waals surface area contributed by atoms with E-state index in [1.54, 1.807) is 0 Å². The van der Waals surface area contributed by atoms with Crippen molar-refractivity contribution >= 4 is 55.0 Å². The predicted octanol–water partition coefficient (Wildman–Crippen LogP) is 12.2. The highest BCUT2D eigenvalue weighted by atomic mass is 15.1. The molecular formula is C48H41N3. The fourth-order valence-electron chi connectivity index (χ4n) is 8.21. The highest BCUT2D eigenvalue weighted by molar-refractivity contribution is 6.11. The lowest BCUT2D eigenvalue weighted by molar-refractivity contribution is 0.681. The second-order valence-electron chi connectivity index (χ2n) is 13.7. The molecule has 0 aliphatic heterocycles. The van der Waals surface area contributed by atoms with Crippen LogP contribution in [-0.2, 0) is 19.4 Å². The third-order valence-corrected chi connectivity index (χ3v) is 10.7. The fraction of sp³-hybridized carbons (Fsp3) is 0.125. The lowest BCUT2D eigenvalue weighted by atomic mass is 9.85. The first-order chi connectivity index (χ1) is 25.2. The second kappa shape index (κ2) is 13.0. The summed E-state index contributed by atoms with van der Waals surface area (Å²) in [7, 11) is 2.16. The molecule has 0 aliphatic carbocycles. The molecule has 51 heavy (non-hydrogen) atoms. The van der Waals surface area contributed by atoms with Crippen LogP contribution >= 0.6 is 0 Å². The van der Waals surface area contributed by atoms with Crippen LogP contribution in [0.15, 0.2) is 170 Å². The smallest absolute Gasteiger partial charge is 0.0542 e. The molecule has 0 spiro atoms. The van der Waals surface area contributed by atoms with Gasteiger partial charge in [0.25, 0.3) is 0 Å². The lowest BCUT2D eigenvalue weighted by Crippen LogP contribution is -2.08. The Morgan fingerprint density at radius 3 is 1.82 bits per heavy atom. The van der Waals surface area contributed by atoms with E-state index in [1.807, 2.05) is 0 Å². The van der Waals surface area contributed by atoms with Crippen LogP contribution in [0.1, 0.15) is 29.5 Å². The molecule has 7 aromatic carbocycles. The monoisotopic (exact) mass is 659 g/mol. The molecule has 248 valence electrons. The van der Waals surface area contributed by atoms with Crippen molar-refractivity contribution < 1.29 is 0 Å². The maximum absolute atomic E-state index is 2.48. The number of aromatic nitrogens is 2. The second-order valence-corrected chi connectivity index (χ2v) is 13.7. The highest BCUT2D eigenvalue weighted by Crippen LogP contribution is 2.39. The SMILES string of the molecule is CCn1c2ccccc2c2cc(CC(Cc3ccccc3)c3ccc4c(c3)c3cc(N(C)c5ccccc5)ccc3n4-c3ccccc3)ccc21. The molecule has 0 radical (unpaired) electrons. The molecule has 0 saturated carbocycles. The first-order valence-electron chi connectivity index (χ1n) is 18.1. The number of anilines is 2. The molecule has 0 aliphatic rings. The molecule has 9 aromatic rings. The van der Waals surface area contributed by atoms with E-state index in [2.05, 4.69) is 198 Å². The fourth-order valence-corrected chi connectivity index (χ4v) is 8.21. The summed E-state index contributed by atoms with van der Waals surface area (Å²) in [6, 6.07) is 62.5. The van der Waals surface area contributed by atoms with Crippen molar-refractivity contribution in [2.75, 3.05) is 11.9 Å². The summed E-state index contributed by atoms with van der Waals surface area (Å²) in [6.07, 6.45) is 1.93. The first-order valence-corrected chi connectivity index (χ1v) is 18.1. The number of para-hydroxylation sites is 3. The number of rotatable bonds is 9. The van der Waals surface area contributed by atoms with Crippen LogP contribution < -0.4 is 4.90 Å². The third-order valence-electron chi connectivity index (χ3n) is 10.7. The Bertz CT molecular complexity index is 2630. The number of hydrogen-bond acceptors (Lipinski definition) is 1. The van der Waals surface area contributed by atoms with Crippen molar-refractivity contribution in [2.45, 2.75) is 32.2 Å². The Kier molecular flexibility index (Phi) is 7.89. The van der Waals surface area contributed by atoms with Crippen LogP contribution in [-0.4, -0.2) is 16.2 Å². The average molecular weight is 660 g/mol. The van der Waals surface area contributed by atoms with Gasteiger partial charge < -0.3 is 14.0 Å². The van der Waals surface area contributed by atoms with Crippen molar-refractivity contribution in [2.24, 2.45) is 0 Å². The molecule has 3 nitrogen and oxygen atoms in total. The van der Waals surface area contributed by atoms with Crippen molar-refractivity contribution in [1.29, 1.82) is 0 Å². The zero-order valence-electron chi connectivity index (χ0n) is 29.2. The van der Waals surface area contributed by atoms with Gasteiger partial charge in [0.05, 0.1) is 11.0 Å². The van der Waals surface area contributed by atoms with Gasteiger partial charge in [-0.15, -0.1) is 0 Å². The van der Waals surface area contributed by atoms with E-state index < -0.39 is 0 Å². The number of fused-ring (bicyclic) bond motifs is 6. The molecular weight excluding hydrogens is 619 g/mol. The van der Waals surface area contributed by atoms with Crippen molar-refractivity contribution in [3.05, 3.63) is 187 Å². The van der Waals surface area contributed by atoms with Crippen molar-refractivity contribution in [1.82, 2.24) is 9.13 Å². The van der Waals surface area contributed by atoms with E-state index in [0.29, 0.717) is 5.92 Å². The van der Waals surface area contributed by atoms with Gasteiger partial charge in [0.15, 0.2) is 0 Å². The molecule has 0 fully saturated rings. The maximum atomic E-state index is 2.48. The molecule has 0 saturated heterocycles. The molecule has 9 rings (SSSR count). The van der Waals surface area contributed by atoms with Gasteiger partial charge in [0, 0.05) is 63.2 Å². The van der Waals surface area contributed by atoms with E-state index in [9.17, 15) is 0 Å². The largest absolute Gasteiger partial charge is 0.345 e. The van der Waals surface area contributed by atoms with Crippen LogP contribution in [0, 0.1) is 0 Å². The summed E-state index contributed by atoms with van der Waals surface area (Å²) >= 11 is 0. The normalized spacial score (nSPS) is 12.3. The zero-order chi connectivity index (χ0) is 34.3. The van der Waals surface area contributed by atoms with E-state index in [1.165, 1.54) is 77.4 Å². The summed E-state index contributed by atoms with van der Waals surface area (Å²) in [5.41, 5.74) is 12.7. The van der Waals surface area contributed by atoms with Gasteiger partial charge in [-0.25, -0.2) is 0 Å². The Morgan fingerprint density at radius 1 is 0.471 bits per heavy atom. The van der Waals surface area contributed by atoms with Crippen LogP contribution in [0.4, 0.5) is 11.4 Å². The van der Waals surface area contributed by atoms with Gasteiger partial charge in [0.1, 0.15) is 0 Å². The summed E-state index contributed by atoms with van der Waals surface area (Å²) < 4.78 is 4.86. The van der Waals surface area contributed by atoms with E-state index in [4.69, 9.17) is 0 Å². The van der Waals surface area contributed by atoms with Gasteiger partial charge in [-0.2, -0.15) is 0 Å². The van der Waals surface area contributed by atoms with E-state index in [-0.39, 0.29) is 0 Å². The molecule has 0 N–H and O–H groups in total. The number of benzene rings is 7. The zero-order valence-corrected chi connectivity index (χ0v) is 29.2. The number of hydrogen-bond donors (Lipinski definition) is 0. The van der Waals surface area contributed by atoms with Crippen LogP contribution in [0.5, 0.6) is 0 Å². The van der Waals surface area contributed by atoms with Gasteiger partial charge in [-0.1, -0.05) is 97.1 Å². The van der Waals surface area contributed by atoms with Crippen molar-refractivity contribution in [3.8, 4) is 5.69 Å². The quantitative estimate of drug-likeness (QED) is 0.150. The Balaban J connectivity index is 1.20. The summed E-state index contributed by atoms with van der Waals surface area (Å²) in [5, 5.41) is 5.24. The lowest BCUT2D eigenvalue weighted by Gasteiger charge is -2.20. The van der Waals surface area contributed by atoms with E-state index in [0.717, 1.165) is 19.4 Å². The van der Waals surface area contributed by atoms with Crippen molar-refractivity contribution in [3.63, 3.8) is 0 Å². The highest BCUT2D eigenvalue weighted by Gasteiger charge is 2.20. The van der Waals surface area contributed by atoms with Crippen LogP contribution in [0.25, 0.3) is 49.3 Å². The maximum Gasteiger partial charge on any atom is 0.0542 e. The Hall–Kier alpha value is -6.06. The molecule has 2 aromatic heterocycles. The van der Waals surface area contributed by atoms with Gasteiger partial charge in [-0.05, 0) is 115 Å². The molecule has 0 bridgehead atoms. The van der Waals surface area contributed by atoms with E-state index >= 15 is 0 Å². The average Bonchev–Trinajstić information content (AvgIpc) is 3.69. The number of nitrogens with zero attached hydrogens (tertiary/aromatic N) is 3. The minimum Gasteiger partial charge on any atom is -0.345 e. The first kappa shape index (κ1) is 31.0. The van der Waals surface area contributed by atoms with Crippen LogP contribution in [0.2, 0.25) is 0 Å². The summed E-state index contributed by atoms with van der Waals surface area (Å²) in [5.74, 6) is 0.305. The van der Waals surface area contributed by atoms with Gasteiger partial charge >= 0.3 is 0 Å². The van der Waals surface area contributed by atoms with Gasteiger partial charge in [-0.3, -0.25) is 0 Å². The topological polar surface area (TPSA) is 13.1 Å². The Labute approximate surface area is 299 Å². The number of aryl methyl sites for hydroxylation is 1. The summed E-state index contributed by atoms with van der Waals surface area (Å²) in [4.78, 5) is 2.28. The predicted molar refractivity (Wildman–Crippen MR) is 217 cm³/mol.